The standard InChI is InChI=1S/C8H16O8/c1-2-4(9)6(11)8(16-14)7(12)5(10)3-15-13/h4-5,7-10,12-14H,2-3H2,1H3/t4?,5-,7-,8-/m1/s1. The van der Waals surface area contributed by atoms with Gasteiger partial charge in [0, 0.05) is 0 Å². The first-order valence-electron chi connectivity index (χ1n) is 4.64. The molecule has 0 aromatic rings. The molecule has 0 saturated carbocycles. The topological polar surface area (TPSA) is 137 Å². The van der Waals surface area contributed by atoms with Gasteiger partial charge < -0.3 is 15.3 Å². The monoisotopic (exact) mass is 240 g/mol. The molecule has 0 rings (SSSR count). The van der Waals surface area contributed by atoms with Crippen LogP contribution in [-0.2, 0) is 14.6 Å². The minimum atomic E-state index is -1.83. The lowest BCUT2D eigenvalue weighted by Gasteiger charge is -2.23. The number of ketones is 1. The van der Waals surface area contributed by atoms with E-state index in [4.69, 9.17) is 15.6 Å². The van der Waals surface area contributed by atoms with E-state index in [0.717, 1.165) is 0 Å². The highest BCUT2D eigenvalue weighted by atomic mass is 17.1. The average molecular weight is 240 g/mol. The SMILES string of the molecule is CCC(O)C(=O)[C@@H](OO)[C@H](O)[C@H](O)COO. The van der Waals surface area contributed by atoms with Gasteiger partial charge in [-0.15, -0.1) is 0 Å². The lowest BCUT2D eigenvalue weighted by Crippen LogP contribution is -2.48. The van der Waals surface area contributed by atoms with Gasteiger partial charge in [0.05, 0.1) is 0 Å². The smallest absolute Gasteiger partial charge is 0.195 e. The molecule has 0 radical (unpaired) electrons. The van der Waals surface area contributed by atoms with Crippen LogP contribution in [0.2, 0.25) is 0 Å². The Balaban J connectivity index is 4.52. The number of aliphatic hydroxyl groups is 3. The van der Waals surface area contributed by atoms with Crippen LogP contribution >= 0.6 is 0 Å². The number of rotatable bonds is 8. The summed E-state index contributed by atoms with van der Waals surface area (Å²) in [4.78, 5) is 18.6. The Labute approximate surface area is 91.5 Å². The van der Waals surface area contributed by atoms with Crippen LogP contribution in [-0.4, -0.2) is 62.6 Å². The summed E-state index contributed by atoms with van der Waals surface area (Å²) >= 11 is 0. The minimum absolute atomic E-state index is 0.0675. The van der Waals surface area contributed by atoms with Crippen molar-refractivity contribution in [1.29, 1.82) is 0 Å². The molecule has 16 heavy (non-hydrogen) atoms. The molecule has 4 atom stereocenters. The molecule has 8 nitrogen and oxygen atoms in total. The summed E-state index contributed by atoms with van der Waals surface area (Å²) in [7, 11) is 0. The van der Waals surface area contributed by atoms with Gasteiger partial charge in [0.1, 0.15) is 24.9 Å². The van der Waals surface area contributed by atoms with Gasteiger partial charge in [-0.1, -0.05) is 6.92 Å². The van der Waals surface area contributed by atoms with Crippen molar-refractivity contribution < 1.29 is 40.4 Å². The number of Topliss-reactive ketones (excluding diaryl/α,β-unsaturated/α-hetero) is 1. The number of hydrogen-bond donors (Lipinski definition) is 5. The highest BCUT2D eigenvalue weighted by Crippen LogP contribution is 2.09. The van der Waals surface area contributed by atoms with E-state index < -0.39 is 36.8 Å². The van der Waals surface area contributed by atoms with Crippen molar-refractivity contribution in [2.45, 2.75) is 37.8 Å². The van der Waals surface area contributed by atoms with Gasteiger partial charge in [0.15, 0.2) is 11.9 Å². The second-order valence-electron chi connectivity index (χ2n) is 3.21. The van der Waals surface area contributed by atoms with Gasteiger partial charge in [-0.25, -0.2) is 9.78 Å². The van der Waals surface area contributed by atoms with Crippen molar-refractivity contribution >= 4 is 5.78 Å². The molecule has 0 saturated heterocycles. The summed E-state index contributed by atoms with van der Waals surface area (Å²) in [5.74, 6) is -0.977. The molecular weight excluding hydrogens is 224 g/mol. The minimum Gasteiger partial charge on any atom is -0.388 e. The Hall–Kier alpha value is -0.610. The first-order valence-corrected chi connectivity index (χ1v) is 4.64. The van der Waals surface area contributed by atoms with Crippen LogP contribution in [0.15, 0.2) is 0 Å². The average Bonchev–Trinajstić information content (AvgIpc) is 2.28. The molecule has 0 aromatic carbocycles. The third kappa shape index (κ3) is 4.10. The Kier molecular flexibility index (Phi) is 7.34. The molecule has 0 aliphatic carbocycles. The van der Waals surface area contributed by atoms with Crippen LogP contribution in [0.5, 0.6) is 0 Å². The van der Waals surface area contributed by atoms with E-state index in [1.165, 1.54) is 6.92 Å². The molecule has 96 valence electrons. The van der Waals surface area contributed by atoms with Crippen LogP contribution < -0.4 is 0 Å². The number of aliphatic hydroxyl groups excluding tert-OH is 3. The quantitative estimate of drug-likeness (QED) is 0.252. The first-order chi connectivity index (χ1) is 7.49. The molecule has 0 bridgehead atoms. The molecular formula is C8H16O8. The van der Waals surface area contributed by atoms with Crippen molar-refractivity contribution in [2.75, 3.05) is 6.61 Å². The normalized spacial score (nSPS) is 18.9. The zero-order chi connectivity index (χ0) is 12.7. The van der Waals surface area contributed by atoms with Gasteiger partial charge in [0.25, 0.3) is 0 Å². The predicted octanol–water partition coefficient (Wildman–Crippen LogP) is -1.60. The van der Waals surface area contributed by atoms with Crippen molar-refractivity contribution in [3.8, 4) is 0 Å². The van der Waals surface area contributed by atoms with Crippen LogP contribution in [0.25, 0.3) is 0 Å². The van der Waals surface area contributed by atoms with Gasteiger partial charge in [-0.2, -0.15) is 0 Å². The second kappa shape index (κ2) is 7.63. The molecule has 0 spiro atoms. The van der Waals surface area contributed by atoms with Gasteiger partial charge in [0.2, 0.25) is 0 Å². The predicted molar refractivity (Wildman–Crippen MR) is 49.4 cm³/mol. The van der Waals surface area contributed by atoms with Crippen LogP contribution in [0.4, 0.5) is 0 Å². The van der Waals surface area contributed by atoms with Gasteiger partial charge >= 0.3 is 0 Å². The third-order valence-electron chi connectivity index (χ3n) is 2.06. The van der Waals surface area contributed by atoms with Crippen molar-refractivity contribution in [3.05, 3.63) is 0 Å². The zero-order valence-electron chi connectivity index (χ0n) is 8.68. The molecule has 0 fully saturated rings. The van der Waals surface area contributed by atoms with Crippen LogP contribution in [0.3, 0.4) is 0 Å². The zero-order valence-corrected chi connectivity index (χ0v) is 8.68. The lowest BCUT2D eigenvalue weighted by molar-refractivity contribution is -0.306. The molecule has 5 N–H and O–H groups in total. The summed E-state index contributed by atoms with van der Waals surface area (Å²) in [5, 5.41) is 44.1. The maximum atomic E-state index is 11.3. The molecule has 0 aliphatic rings. The van der Waals surface area contributed by atoms with E-state index in [1.54, 1.807) is 0 Å². The molecule has 0 heterocycles. The van der Waals surface area contributed by atoms with Crippen LogP contribution in [0.1, 0.15) is 13.3 Å². The summed E-state index contributed by atoms with van der Waals surface area (Å²) in [5.41, 5.74) is 0. The molecule has 0 amide bonds. The number of carbonyl (C=O) groups excluding carboxylic acids is 1. The van der Waals surface area contributed by atoms with Gasteiger partial charge in [-0.3, -0.25) is 15.3 Å². The largest absolute Gasteiger partial charge is 0.388 e. The fourth-order valence-electron chi connectivity index (χ4n) is 1.05. The highest BCUT2D eigenvalue weighted by Gasteiger charge is 2.36. The van der Waals surface area contributed by atoms with E-state index in [9.17, 15) is 15.0 Å². The van der Waals surface area contributed by atoms with E-state index in [0.29, 0.717) is 0 Å². The number of hydrogen-bond acceptors (Lipinski definition) is 8. The van der Waals surface area contributed by atoms with E-state index >= 15 is 0 Å². The second-order valence-corrected chi connectivity index (χ2v) is 3.21. The Morgan fingerprint density at radius 3 is 2.19 bits per heavy atom. The summed E-state index contributed by atoms with van der Waals surface area (Å²) < 4.78 is 0. The van der Waals surface area contributed by atoms with Crippen LogP contribution in [0, 0.1) is 0 Å². The van der Waals surface area contributed by atoms with Gasteiger partial charge in [-0.05, 0) is 6.42 Å². The van der Waals surface area contributed by atoms with Crippen molar-refractivity contribution in [2.24, 2.45) is 0 Å². The summed E-state index contributed by atoms with van der Waals surface area (Å²) in [6.45, 7) is 0.840. The van der Waals surface area contributed by atoms with E-state index in [2.05, 4.69) is 9.78 Å². The first kappa shape index (κ1) is 15.4. The van der Waals surface area contributed by atoms with E-state index in [-0.39, 0.29) is 6.42 Å². The summed E-state index contributed by atoms with van der Waals surface area (Å²) in [6.07, 6.45) is -6.63. The highest BCUT2D eigenvalue weighted by molar-refractivity contribution is 5.87. The Morgan fingerprint density at radius 2 is 1.81 bits per heavy atom. The maximum absolute atomic E-state index is 11.3. The Morgan fingerprint density at radius 1 is 1.25 bits per heavy atom. The van der Waals surface area contributed by atoms with Crippen molar-refractivity contribution in [3.63, 3.8) is 0 Å². The van der Waals surface area contributed by atoms with E-state index in [1.807, 2.05) is 0 Å². The Bertz CT molecular complexity index is 208. The molecule has 0 aromatic heterocycles. The molecule has 0 aliphatic heterocycles. The third-order valence-corrected chi connectivity index (χ3v) is 2.06. The number of carbonyl (C=O) groups is 1. The summed E-state index contributed by atoms with van der Waals surface area (Å²) in [6, 6.07) is 0. The fourth-order valence-corrected chi connectivity index (χ4v) is 1.05. The lowest BCUT2D eigenvalue weighted by atomic mass is 10.00. The fraction of sp³-hybridized carbons (Fsp3) is 0.875. The maximum Gasteiger partial charge on any atom is 0.195 e. The molecule has 1 unspecified atom stereocenters. The molecule has 8 heteroatoms. The van der Waals surface area contributed by atoms with Crippen molar-refractivity contribution in [1.82, 2.24) is 0 Å².